The molecule has 0 aliphatic heterocycles. The van der Waals surface area contributed by atoms with Crippen LogP contribution < -0.4 is 15.6 Å². The summed E-state index contributed by atoms with van der Waals surface area (Å²) >= 11 is 0. The molecular formula is C23H25N3O3. The third kappa shape index (κ3) is 5.02. The lowest BCUT2D eigenvalue weighted by Gasteiger charge is -2.15. The van der Waals surface area contributed by atoms with Crippen molar-refractivity contribution in [2.45, 2.75) is 50.7 Å². The quantitative estimate of drug-likeness (QED) is 0.647. The Kier molecular flexibility index (Phi) is 5.89. The van der Waals surface area contributed by atoms with Crippen LogP contribution in [-0.4, -0.2) is 28.0 Å². The average molecular weight is 391 g/mol. The van der Waals surface area contributed by atoms with E-state index in [2.05, 4.69) is 15.3 Å². The fourth-order valence-electron chi connectivity index (χ4n) is 3.84. The molecule has 0 radical (unpaired) electrons. The van der Waals surface area contributed by atoms with E-state index in [1.807, 2.05) is 48.5 Å². The molecule has 2 aromatic carbocycles. The number of fused-ring (bicyclic) bond motifs is 1. The summed E-state index contributed by atoms with van der Waals surface area (Å²) in [6, 6.07) is 17.2. The number of hydrogen-bond acceptors (Lipinski definition) is 4. The van der Waals surface area contributed by atoms with Crippen LogP contribution in [0.1, 0.15) is 37.9 Å². The van der Waals surface area contributed by atoms with Gasteiger partial charge in [0.05, 0.1) is 10.9 Å². The van der Waals surface area contributed by atoms with Crippen molar-refractivity contribution < 1.29 is 9.53 Å². The molecule has 0 spiro atoms. The van der Waals surface area contributed by atoms with Gasteiger partial charge in [0.1, 0.15) is 17.7 Å². The maximum Gasteiger partial charge on any atom is 0.258 e. The van der Waals surface area contributed by atoms with Gasteiger partial charge in [-0.05, 0) is 43.5 Å². The van der Waals surface area contributed by atoms with E-state index in [1.54, 1.807) is 6.07 Å². The van der Waals surface area contributed by atoms with Gasteiger partial charge in [0.15, 0.2) is 0 Å². The molecule has 1 amide bonds. The van der Waals surface area contributed by atoms with Gasteiger partial charge in [-0.2, -0.15) is 0 Å². The average Bonchev–Trinajstić information content (AvgIpc) is 3.15. The Morgan fingerprint density at radius 3 is 2.76 bits per heavy atom. The van der Waals surface area contributed by atoms with Gasteiger partial charge < -0.3 is 15.0 Å². The standard InChI is InChI=1S/C23H25N3O3/c27-22(24-16-13-14-18(15-16)29-17-7-2-1-3-8-17)12-6-11-21-25-20-10-5-4-9-19(20)23(28)26-21/h1-5,7-10,16,18H,6,11-15H2,(H,24,27)(H,25,26,28)/t16-,18?/m0/s1. The lowest BCUT2D eigenvalue weighted by atomic mass is 10.2. The summed E-state index contributed by atoms with van der Waals surface area (Å²) in [4.78, 5) is 31.7. The summed E-state index contributed by atoms with van der Waals surface area (Å²) in [6.07, 6.45) is 4.49. The summed E-state index contributed by atoms with van der Waals surface area (Å²) in [7, 11) is 0. The Bertz CT molecular complexity index is 1030. The molecule has 3 aromatic rings. The molecule has 6 nitrogen and oxygen atoms in total. The molecule has 1 heterocycles. The number of benzene rings is 2. The van der Waals surface area contributed by atoms with Crippen molar-refractivity contribution in [3.63, 3.8) is 0 Å². The number of nitrogens with one attached hydrogen (secondary N) is 2. The molecule has 6 heteroatoms. The van der Waals surface area contributed by atoms with Gasteiger partial charge in [0.2, 0.25) is 5.91 Å². The van der Waals surface area contributed by atoms with E-state index >= 15 is 0 Å². The Morgan fingerprint density at radius 2 is 1.90 bits per heavy atom. The van der Waals surface area contributed by atoms with Gasteiger partial charge in [-0.25, -0.2) is 4.98 Å². The molecule has 150 valence electrons. The van der Waals surface area contributed by atoms with Gasteiger partial charge in [0.25, 0.3) is 5.56 Å². The topological polar surface area (TPSA) is 84.1 Å². The van der Waals surface area contributed by atoms with Crippen molar-refractivity contribution in [2.24, 2.45) is 0 Å². The number of aryl methyl sites for hydroxylation is 1. The zero-order chi connectivity index (χ0) is 20.1. The van der Waals surface area contributed by atoms with E-state index in [9.17, 15) is 9.59 Å². The Balaban J connectivity index is 1.22. The van der Waals surface area contributed by atoms with Crippen LogP contribution in [0.4, 0.5) is 0 Å². The van der Waals surface area contributed by atoms with Gasteiger partial charge in [-0.1, -0.05) is 30.3 Å². The lowest BCUT2D eigenvalue weighted by Crippen LogP contribution is -2.33. The molecule has 1 saturated carbocycles. The van der Waals surface area contributed by atoms with Crippen molar-refractivity contribution in [3.8, 4) is 5.75 Å². The first-order valence-corrected chi connectivity index (χ1v) is 10.2. The van der Waals surface area contributed by atoms with Crippen LogP contribution in [0.2, 0.25) is 0 Å². The number of nitrogens with zero attached hydrogens (tertiary/aromatic N) is 1. The minimum Gasteiger partial charge on any atom is -0.490 e. The third-order valence-electron chi connectivity index (χ3n) is 5.27. The van der Waals surface area contributed by atoms with Crippen LogP contribution in [0.15, 0.2) is 59.4 Å². The minimum atomic E-state index is -0.134. The van der Waals surface area contributed by atoms with Gasteiger partial charge in [0, 0.05) is 25.3 Å². The van der Waals surface area contributed by atoms with Crippen LogP contribution in [0.3, 0.4) is 0 Å². The summed E-state index contributed by atoms with van der Waals surface area (Å²) in [5.41, 5.74) is 0.552. The fraction of sp³-hybridized carbons (Fsp3) is 0.348. The molecule has 1 aromatic heterocycles. The fourth-order valence-corrected chi connectivity index (χ4v) is 3.84. The Hall–Kier alpha value is -3.15. The number of rotatable bonds is 7. The van der Waals surface area contributed by atoms with E-state index in [0.717, 1.165) is 25.0 Å². The SMILES string of the molecule is O=C(CCCc1nc2ccccc2c(=O)[nH]1)N[C@H]1CCC(Oc2ccccc2)C1. The number of carbonyl (C=O) groups excluding carboxylic acids is 1. The van der Waals surface area contributed by atoms with E-state index in [1.165, 1.54) is 0 Å². The zero-order valence-corrected chi connectivity index (χ0v) is 16.3. The Morgan fingerprint density at radius 1 is 1.10 bits per heavy atom. The van der Waals surface area contributed by atoms with E-state index in [0.29, 0.717) is 36.0 Å². The lowest BCUT2D eigenvalue weighted by molar-refractivity contribution is -0.121. The number of hydrogen-bond donors (Lipinski definition) is 2. The molecule has 2 N–H and O–H groups in total. The van der Waals surface area contributed by atoms with E-state index in [-0.39, 0.29) is 23.6 Å². The van der Waals surface area contributed by atoms with Crippen molar-refractivity contribution >= 4 is 16.8 Å². The highest BCUT2D eigenvalue weighted by Gasteiger charge is 2.27. The molecular weight excluding hydrogens is 366 g/mol. The number of aromatic amines is 1. The molecule has 1 fully saturated rings. The summed E-state index contributed by atoms with van der Waals surface area (Å²) in [6.45, 7) is 0. The Labute approximate surface area is 169 Å². The monoisotopic (exact) mass is 391 g/mol. The molecule has 4 rings (SSSR count). The molecule has 1 unspecified atom stereocenters. The summed E-state index contributed by atoms with van der Waals surface area (Å²) < 4.78 is 5.98. The molecule has 29 heavy (non-hydrogen) atoms. The second-order valence-electron chi connectivity index (χ2n) is 7.51. The number of aromatic nitrogens is 2. The van der Waals surface area contributed by atoms with Crippen LogP contribution in [0.25, 0.3) is 10.9 Å². The zero-order valence-electron chi connectivity index (χ0n) is 16.3. The third-order valence-corrected chi connectivity index (χ3v) is 5.27. The number of ether oxygens (including phenoxy) is 1. The number of H-pyrrole nitrogens is 1. The van der Waals surface area contributed by atoms with Gasteiger partial charge in [-0.3, -0.25) is 9.59 Å². The molecule has 0 saturated heterocycles. The highest BCUT2D eigenvalue weighted by Crippen LogP contribution is 2.24. The van der Waals surface area contributed by atoms with Crippen LogP contribution in [0.5, 0.6) is 5.75 Å². The largest absolute Gasteiger partial charge is 0.490 e. The van der Waals surface area contributed by atoms with Crippen molar-refractivity contribution in [3.05, 3.63) is 70.8 Å². The van der Waals surface area contributed by atoms with Gasteiger partial charge in [-0.15, -0.1) is 0 Å². The molecule has 1 aliphatic rings. The number of amides is 1. The highest BCUT2D eigenvalue weighted by molar-refractivity contribution is 5.77. The van der Waals surface area contributed by atoms with Crippen LogP contribution >= 0.6 is 0 Å². The number of carbonyl (C=O) groups is 1. The normalized spacial score (nSPS) is 18.6. The second kappa shape index (κ2) is 8.90. The van der Waals surface area contributed by atoms with Crippen molar-refractivity contribution in [2.75, 3.05) is 0 Å². The second-order valence-corrected chi connectivity index (χ2v) is 7.51. The molecule has 1 aliphatic carbocycles. The highest BCUT2D eigenvalue weighted by atomic mass is 16.5. The first-order chi connectivity index (χ1) is 14.2. The first kappa shape index (κ1) is 19.2. The first-order valence-electron chi connectivity index (χ1n) is 10.2. The van der Waals surface area contributed by atoms with Crippen LogP contribution in [-0.2, 0) is 11.2 Å². The number of para-hydroxylation sites is 2. The predicted octanol–water partition coefficient (Wildman–Crippen LogP) is 3.36. The van der Waals surface area contributed by atoms with Gasteiger partial charge >= 0.3 is 0 Å². The van der Waals surface area contributed by atoms with E-state index < -0.39 is 0 Å². The molecule has 2 atom stereocenters. The predicted molar refractivity (Wildman–Crippen MR) is 112 cm³/mol. The summed E-state index contributed by atoms with van der Waals surface area (Å²) in [5.74, 6) is 1.54. The van der Waals surface area contributed by atoms with E-state index in [4.69, 9.17) is 4.74 Å². The van der Waals surface area contributed by atoms with Crippen molar-refractivity contribution in [1.29, 1.82) is 0 Å². The maximum absolute atomic E-state index is 12.3. The van der Waals surface area contributed by atoms with Crippen molar-refractivity contribution in [1.82, 2.24) is 15.3 Å². The molecule has 0 bridgehead atoms. The smallest absolute Gasteiger partial charge is 0.258 e. The maximum atomic E-state index is 12.3. The van der Waals surface area contributed by atoms with Crippen LogP contribution in [0, 0.1) is 0 Å². The minimum absolute atomic E-state index is 0.0403. The summed E-state index contributed by atoms with van der Waals surface area (Å²) in [5, 5.41) is 3.70.